The van der Waals surface area contributed by atoms with Crippen LogP contribution in [0.2, 0.25) is 0 Å². The van der Waals surface area contributed by atoms with E-state index in [0.29, 0.717) is 0 Å². The molecule has 17 heavy (non-hydrogen) atoms. The Hall–Kier alpha value is -1.42. The molecule has 3 nitrogen and oxygen atoms in total. The van der Waals surface area contributed by atoms with Gasteiger partial charge in [-0.05, 0) is 24.3 Å². The van der Waals surface area contributed by atoms with Gasteiger partial charge in [-0.25, -0.2) is 0 Å². The first-order valence-electron chi connectivity index (χ1n) is 5.82. The van der Waals surface area contributed by atoms with Crippen molar-refractivity contribution in [2.75, 3.05) is 35.2 Å². The maximum Gasteiger partial charge on any atom is 0.0724 e. The summed E-state index contributed by atoms with van der Waals surface area (Å²) in [6, 6.07) is 8.14. The second kappa shape index (κ2) is 4.45. The van der Waals surface area contributed by atoms with Crippen molar-refractivity contribution in [2.24, 2.45) is 0 Å². The number of hydrogen-bond donors (Lipinski definition) is 1. The van der Waals surface area contributed by atoms with Gasteiger partial charge in [0.25, 0.3) is 0 Å². The highest BCUT2D eigenvalue weighted by molar-refractivity contribution is 7.99. The van der Waals surface area contributed by atoms with Crippen LogP contribution in [0, 0.1) is 0 Å². The SMILES string of the molecule is Nc1c(N2CCSCC2)ccc2ncccc12. The number of pyridine rings is 1. The van der Waals surface area contributed by atoms with E-state index >= 15 is 0 Å². The molecule has 1 aliphatic rings. The minimum atomic E-state index is 0.863. The lowest BCUT2D eigenvalue weighted by Crippen LogP contribution is -2.32. The Balaban J connectivity index is 2.07. The van der Waals surface area contributed by atoms with Crippen molar-refractivity contribution in [1.29, 1.82) is 0 Å². The van der Waals surface area contributed by atoms with E-state index in [2.05, 4.69) is 22.0 Å². The molecule has 1 saturated heterocycles. The van der Waals surface area contributed by atoms with Gasteiger partial charge in [-0.15, -0.1) is 0 Å². The van der Waals surface area contributed by atoms with Crippen LogP contribution in [0.1, 0.15) is 0 Å². The highest BCUT2D eigenvalue weighted by Gasteiger charge is 2.15. The summed E-state index contributed by atoms with van der Waals surface area (Å²) in [5, 5.41) is 1.06. The minimum absolute atomic E-state index is 0.863. The second-order valence-corrected chi connectivity index (χ2v) is 5.39. The summed E-state index contributed by atoms with van der Waals surface area (Å²) in [5.74, 6) is 2.37. The van der Waals surface area contributed by atoms with E-state index in [1.54, 1.807) is 6.20 Å². The van der Waals surface area contributed by atoms with Gasteiger partial charge in [0.2, 0.25) is 0 Å². The van der Waals surface area contributed by atoms with Gasteiger partial charge in [0.05, 0.1) is 16.9 Å². The average molecular weight is 245 g/mol. The van der Waals surface area contributed by atoms with Gasteiger partial charge in [0, 0.05) is 36.2 Å². The van der Waals surface area contributed by atoms with Gasteiger partial charge >= 0.3 is 0 Å². The van der Waals surface area contributed by atoms with Gasteiger partial charge in [-0.1, -0.05) is 0 Å². The topological polar surface area (TPSA) is 42.1 Å². The first kappa shape index (κ1) is 10.7. The lowest BCUT2D eigenvalue weighted by molar-refractivity contribution is 0.861. The summed E-state index contributed by atoms with van der Waals surface area (Å²) < 4.78 is 0. The molecule has 0 atom stereocenters. The monoisotopic (exact) mass is 245 g/mol. The molecule has 88 valence electrons. The van der Waals surface area contributed by atoms with Crippen LogP contribution < -0.4 is 10.6 Å². The summed E-state index contributed by atoms with van der Waals surface area (Å²) in [7, 11) is 0. The zero-order valence-electron chi connectivity index (χ0n) is 9.60. The largest absolute Gasteiger partial charge is 0.396 e. The molecule has 0 amide bonds. The first-order chi connectivity index (χ1) is 8.36. The second-order valence-electron chi connectivity index (χ2n) is 4.17. The molecule has 0 aliphatic carbocycles. The Morgan fingerprint density at radius 2 is 2.00 bits per heavy atom. The van der Waals surface area contributed by atoms with Crippen molar-refractivity contribution >= 4 is 34.0 Å². The van der Waals surface area contributed by atoms with Crippen LogP contribution >= 0.6 is 11.8 Å². The fourth-order valence-electron chi connectivity index (χ4n) is 2.24. The van der Waals surface area contributed by atoms with E-state index in [9.17, 15) is 0 Å². The predicted molar refractivity (Wildman–Crippen MR) is 75.7 cm³/mol. The van der Waals surface area contributed by atoms with Crippen molar-refractivity contribution in [3.63, 3.8) is 0 Å². The van der Waals surface area contributed by atoms with Crippen molar-refractivity contribution in [3.05, 3.63) is 30.5 Å². The van der Waals surface area contributed by atoms with Crippen LogP contribution in [-0.2, 0) is 0 Å². The van der Waals surface area contributed by atoms with Crippen LogP contribution in [0.4, 0.5) is 11.4 Å². The molecule has 0 spiro atoms. The molecule has 0 saturated carbocycles. The quantitative estimate of drug-likeness (QED) is 0.783. The van der Waals surface area contributed by atoms with E-state index in [1.165, 1.54) is 11.5 Å². The number of nitrogens with two attached hydrogens (primary N) is 1. The molecule has 2 N–H and O–H groups in total. The maximum absolute atomic E-state index is 6.26. The smallest absolute Gasteiger partial charge is 0.0724 e. The Labute approximate surface area is 105 Å². The van der Waals surface area contributed by atoms with Gasteiger partial charge in [-0.3, -0.25) is 4.98 Å². The molecule has 0 unspecified atom stereocenters. The maximum atomic E-state index is 6.26. The number of anilines is 2. The predicted octanol–water partition coefficient (Wildman–Crippen LogP) is 2.37. The highest BCUT2D eigenvalue weighted by atomic mass is 32.2. The van der Waals surface area contributed by atoms with Gasteiger partial charge in [-0.2, -0.15) is 11.8 Å². The number of nitrogens with zero attached hydrogens (tertiary/aromatic N) is 2. The number of hydrogen-bond acceptors (Lipinski definition) is 4. The van der Waals surface area contributed by atoms with Crippen LogP contribution in [0.25, 0.3) is 10.9 Å². The molecular formula is C13H15N3S. The molecule has 1 aromatic heterocycles. The summed E-state index contributed by atoms with van der Waals surface area (Å²) in [5.41, 5.74) is 9.26. The first-order valence-corrected chi connectivity index (χ1v) is 6.97. The van der Waals surface area contributed by atoms with Crippen molar-refractivity contribution in [3.8, 4) is 0 Å². The Bertz CT molecular complexity index is 535. The Morgan fingerprint density at radius 3 is 2.82 bits per heavy atom. The molecule has 1 aromatic carbocycles. The third kappa shape index (κ3) is 1.93. The summed E-state index contributed by atoms with van der Waals surface area (Å²) in [6.45, 7) is 2.17. The Kier molecular flexibility index (Phi) is 2.81. The van der Waals surface area contributed by atoms with Crippen LogP contribution in [0.3, 0.4) is 0 Å². The molecule has 2 aromatic rings. The normalized spacial score (nSPS) is 16.4. The Morgan fingerprint density at radius 1 is 1.18 bits per heavy atom. The van der Waals surface area contributed by atoms with E-state index in [0.717, 1.165) is 35.4 Å². The number of thioether (sulfide) groups is 1. The van der Waals surface area contributed by atoms with E-state index < -0.39 is 0 Å². The molecule has 0 bridgehead atoms. The van der Waals surface area contributed by atoms with Crippen molar-refractivity contribution in [2.45, 2.75) is 0 Å². The van der Waals surface area contributed by atoms with Gasteiger partial charge in [0.1, 0.15) is 0 Å². The van der Waals surface area contributed by atoms with Gasteiger partial charge < -0.3 is 10.6 Å². The molecular weight excluding hydrogens is 230 g/mol. The third-order valence-electron chi connectivity index (χ3n) is 3.16. The molecule has 0 radical (unpaired) electrons. The average Bonchev–Trinajstić information content (AvgIpc) is 2.40. The number of fused-ring (bicyclic) bond motifs is 1. The standard InChI is InChI=1S/C13H15N3S/c14-13-10-2-1-5-15-11(10)3-4-12(13)16-6-8-17-9-7-16/h1-5H,6-9,14H2. The molecule has 1 aliphatic heterocycles. The fraction of sp³-hybridized carbons (Fsp3) is 0.308. The summed E-state index contributed by atoms with van der Waals surface area (Å²) in [6.07, 6.45) is 1.80. The van der Waals surface area contributed by atoms with Gasteiger partial charge in [0.15, 0.2) is 0 Å². The minimum Gasteiger partial charge on any atom is -0.396 e. The number of aromatic nitrogens is 1. The number of rotatable bonds is 1. The van der Waals surface area contributed by atoms with E-state index in [4.69, 9.17) is 5.73 Å². The number of benzene rings is 1. The lowest BCUT2D eigenvalue weighted by atomic mass is 10.1. The van der Waals surface area contributed by atoms with Crippen molar-refractivity contribution < 1.29 is 0 Å². The highest BCUT2D eigenvalue weighted by Crippen LogP contribution is 2.31. The van der Waals surface area contributed by atoms with Crippen LogP contribution in [0.15, 0.2) is 30.5 Å². The van der Waals surface area contributed by atoms with E-state index in [-0.39, 0.29) is 0 Å². The van der Waals surface area contributed by atoms with Crippen molar-refractivity contribution in [1.82, 2.24) is 4.98 Å². The fourth-order valence-corrected chi connectivity index (χ4v) is 3.15. The molecule has 3 rings (SSSR count). The summed E-state index contributed by atoms with van der Waals surface area (Å²) >= 11 is 2.01. The molecule has 4 heteroatoms. The zero-order valence-corrected chi connectivity index (χ0v) is 10.4. The van der Waals surface area contributed by atoms with Crippen LogP contribution in [-0.4, -0.2) is 29.6 Å². The molecule has 1 fully saturated rings. The zero-order chi connectivity index (χ0) is 11.7. The number of nitrogen functional groups attached to an aromatic ring is 1. The lowest BCUT2D eigenvalue weighted by Gasteiger charge is -2.29. The third-order valence-corrected chi connectivity index (χ3v) is 4.10. The van der Waals surface area contributed by atoms with E-state index in [1.807, 2.05) is 23.9 Å². The molecule has 2 heterocycles. The summed E-state index contributed by atoms with van der Waals surface area (Å²) in [4.78, 5) is 6.70. The van der Waals surface area contributed by atoms with Crippen LogP contribution in [0.5, 0.6) is 0 Å².